The molecule has 0 spiro atoms. The van der Waals surface area contributed by atoms with Crippen LogP contribution in [0, 0.1) is 11.3 Å². The van der Waals surface area contributed by atoms with Gasteiger partial charge in [-0.3, -0.25) is 5.32 Å². The summed E-state index contributed by atoms with van der Waals surface area (Å²) in [4.78, 5) is 4.46. The number of hydrogen-bond donors (Lipinski definition) is 1. The summed E-state index contributed by atoms with van der Waals surface area (Å²) in [5.74, 6) is 0. The van der Waals surface area contributed by atoms with Gasteiger partial charge in [-0.25, -0.2) is 4.98 Å². The van der Waals surface area contributed by atoms with Gasteiger partial charge in [-0.2, -0.15) is 5.26 Å². The zero-order chi connectivity index (χ0) is 14.2. The summed E-state index contributed by atoms with van der Waals surface area (Å²) in [6, 6.07) is 11.4. The zero-order valence-corrected chi connectivity index (χ0v) is 12.0. The van der Waals surface area contributed by atoms with Gasteiger partial charge in [0.25, 0.3) is 0 Å². The smallest absolute Gasteiger partial charge is 0.109 e. The summed E-state index contributed by atoms with van der Waals surface area (Å²) < 4.78 is 2.23. The maximum absolute atomic E-state index is 9.56. The first-order valence-electron chi connectivity index (χ1n) is 7.24. The third kappa shape index (κ3) is 2.19. The van der Waals surface area contributed by atoms with E-state index < -0.39 is 0 Å². The van der Waals surface area contributed by atoms with Crippen molar-refractivity contribution in [2.45, 2.75) is 50.7 Å². The third-order valence-electron chi connectivity index (χ3n) is 4.14. The van der Waals surface area contributed by atoms with Crippen molar-refractivity contribution >= 4 is 11.0 Å². The molecule has 0 saturated heterocycles. The molecule has 0 radical (unpaired) electrons. The number of nitrogens with one attached hydrogen (secondary N) is 1. The van der Waals surface area contributed by atoms with Crippen LogP contribution in [0.2, 0.25) is 0 Å². The normalized spacial score (nSPS) is 26.2. The second kappa shape index (κ2) is 4.92. The van der Waals surface area contributed by atoms with Crippen LogP contribution in [0.25, 0.3) is 11.0 Å². The van der Waals surface area contributed by atoms with Crippen molar-refractivity contribution in [3.63, 3.8) is 0 Å². The van der Waals surface area contributed by atoms with E-state index in [-0.39, 0.29) is 5.54 Å². The molecule has 2 aromatic rings. The van der Waals surface area contributed by atoms with Crippen LogP contribution in [-0.4, -0.2) is 21.1 Å². The minimum Gasteiger partial charge on any atom is -0.327 e. The number of imidazole rings is 1. The summed E-state index contributed by atoms with van der Waals surface area (Å²) in [5, 5.41) is 13.0. The van der Waals surface area contributed by atoms with Gasteiger partial charge in [0.2, 0.25) is 0 Å². The Kier molecular flexibility index (Phi) is 3.23. The monoisotopic (exact) mass is 268 g/mol. The molecular formula is C16H20N4. The van der Waals surface area contributed by atoms with E-state index >= 15 is 0 Å². The predicted molar refractivity (Wildman–Crippen MR) is 79.2 cm³/mol. The van der Waals surface area contributed by atoms with Crippen molar-refractivity contribution in [3.05, 3.63) is 30.6 Å². The highest BCUT2D eigenvalue weighted by Crippen LogP contribution is 2.39. The standard InChI is InChI=1S/C16H20N4/c1-12(2)19-16(10-17)8-7-13(9-16)20-11-18-14-5-3-4-6-15(14)20/h3-6,11-13,19H,7-9H2,1-2H3. The maximum atomic E-state index is 9.56. The minimum atomic E-state index is -0.385. The van der Waals surface area contributed by atoms with Crippen LogP contribution in [0.1, 0.15) is 39.2 Å². The summed E-state index contributed by atoms with van der Waals surface area (Å²) in [7, 11) is 0. The molecule has 2 unspecified atom stereocenters. The number of aromatic nitrogens is 2. The first kappa shape index (κ1) is 13.1. The molecule has 20 heavy (non-hydrogen) atoms. The molecule has 0 bridgehead atoms. The summed E-state index contributed by atoms with van der Waals surface area (Å²) in [6.07, 6.45) is 4.69. The van der Waals surface area contributed by atoms with Gasteiger partial charge in [0.05, 0.1) is 23.4 Å². The van der Waals surface area contributed by atoms with Gasteiger partial charge in [0.15, 0.2) is 0 Å². The summed E-state index contributed by atoms with van der Waals surface area (Å²) in [6.45, 7) is 4.19. The van der Waals surface area contributed by atoms with Gasteiger partial charge in [0, 0.05) is 12.1 Å². The Morgan fingerprint density at radius 1 is 1.45 bits per heavy atom. The lowest BCUT2D eigenvalue weighted by atomic mass is 9.98. The maximum Gasteiger partial charge on any atom is 0.109 e. The van der Waals surface area contributed by atoms with E-state index in [0.717, 1.165) is 30.3 Å². The number of fused-ring (bicyclic) bond motifs is 1. The van der Waals surface area contributed by atoms with Crippen LogP contribution in [0.5, 0.6) is 0 Å². The molecule has 4 nitrogen and oxygen atoms in total. The molecule has 1 heterocycles. The van der Waals surface area contributed by atoms with Gasteiger partial charge < -0.3 is 4.57 Å². The van der Waals surface area contributed by atoms with Crippen molar-refractivity contribution in [2.75, 3.05) is 0 Å². The van der Waals surface area contributed by atoms with Crippen molar-refractivity contribution < 1.29 is 0 Å². The van der Waals surface area contributed by atoms with Crippen molar-refractivity contribution in [2.24, 2.45) is 0 Å². The molecular weight excluding hydrogens is 248 g/mol. The van der Waals surface area contributed by atoms with Crippen LogP contribution in [-0.2, 0) is 0 Å². The Morgan fingerprint density at radius 3 is 3.00 bits per heavy atom. The topological polar surface area (TPSA) is 53.6 Å². The molecule has 0 amide bonds. The number of para-hydroxylation sites is 2. The second-order valence-electron chi connectivity index (χ2n) is 6.03. The minimum absolute atomic E-state index is 0.327. The number of hydrogen-bond acceptors (Lipinski definition) is 3. The van der Waals surface area contributed by atoms with E-state index in [2.05, 4.69) is 40.9 Å². The Bertz CT molecular complexity index is 652. The number of benzene rings is 1. The highest BCUT2D eigenvalue weighted by molar-refractivity contribution is 5.75. The second-order valence-corrected chi connectivity index (χ2v) is 6.03. The van der Waals surface area contributed by atoms with Gasteiger partial charge in [0.1, 0.15) is 5.54 Å². The Hall–Kier alpha value is -1.86. The van der Waals surface area contributed by atoms with Crippen molar-refractivity contribution in [1.82, 2.24) is 14.9 Å². The first-order chi connectivity index (χ1) is 9.63. The molecule has 104 valence electrons. The van der Waals surface area contributed by atoms with Gasteiger partial charge >= 0.3 is 0 Å². The van der Waals surface area contributed by atoms with E-state index in [0.29, 0.717) is 12.1 Å². The van der Waals surface area contributed by atoms with E-state index in [9.17, 15) is 5.26 Å². The van der Waals surface area contributed by atoms with E-state index in [1.54, 1.807) is 0 Å². The molecule has 1 saturated carbocycles. The molecule has 2 atom stereocenters. The van der Waals surface area contributed by atoms with E-state index in [1.165, 1.54) is 0 Å². The van der Waals surface area contributed by atoms with Crippen molar-refractivity contribution in [3.8, 4) is 6.07 Å². The zero-order valence-electron chi connectivity index (χ0n) is 12.0. The molecule has 4 heteroatoms. The summed E-state index contributed by atoms with van der Waals surface area (Å²) in [5.41, 5.74) is 1.80. The molecule has 1 aliphatic carbocycles. The highest BCUT2D eigenvalue weighted by Gasteiger charge is 2.40. The largest absolute Gasteiger partial charge is 0.327 e. The van der Waals surface area contributed by atoms with Crippen LogP contribution in [0.15, 0.2) is 30.6 Å². The lowest BCUT2D eigenvalue weighted by molar-refractivity contribution is 0.370. The third-order valence-corrected chi connectivity index (χ3v) is 4.14. The SMILES string of the molecule is CC(C)NC1(C#N)CCC(n2cnc3ccccc32)C1. The van der Waals surface area contributed by atoms with Gasteiger partial charge in [-0.1, -0.05) is 12.1 Å². The Balaban J connectivity index is 1.89. The number of rotatable bonds is 3. The molecule has 1 aromatic carbocycles. The lowest BCUT2D eigenvalue weighted by Crippen LogP contribution is -2.45. The average molecular weight is 268 g/mol. The molecule has 1 aliphatic rings. The van der Waals surface area contributed by atoms with Crippen LogP contribution >= 0.6 is 0 Å². The highest BCUT2D eigenvalue weighted by atomic mass is 15.1. The Morgan fingerprint density at radius 2 is 2.25 bits per heavy atom. The van der Waals surface area contributed by atoms with Crippen LogP contribution in [0.3, 0.4) is 0 Å². The first-order valence-corrected chi connectivity index (χ1v) is 7.24. The molecule has 1 N–H and O–H groups in total. The van der Waals surface area contributed by atoms with Crippen LogP contribution < -0.4 is 5.32 Å². The predicted octanol–water partition coefficient (Wildman–Crippen LogP) is 3.02. The Labute approximate surface area is 119 Å². The van der Waals surface area contributed by atoms with E-state index in [4.69, 9.17) is 0 Å². The molecule has 1 aromatic heterocycles. The van der Waals surface area contributed by atoms with Gasteiger partial charge in [-0.15, -0.1) is 0 Å². The van der Waals surface area contributed by atoms with E-state index in [1.807, 2.05) is 24.5 Å². The fourth-order valence-corrected chi connectivity index (χ4v) is 3.34. The van der Waals surface area contributed by atoms with Gasteiger partial charge in [-0.05, 0) is 45.2 Å². The average Bonchev–Trinajstić information content (AvgIpc) is 3.02. The fraction of sp³-hybridized carbons (Fsp3) is 0.500. The number of nitriles is 1. The molecule has 0 aliphatic heterocycles. The lowest BCUT2D eigenvalue weighted by Gasteiger charge is -2.25. The fourth-order valence-electron chi connectivity index (χ4n) is 3.34. The molecule has 1 fully saturated rings. The van der Waals surface area contributed by atoms with Crippen molar-refractivity contribution in [1.29, 1.82) is 5.26 Å². The number of nitrogens with zero attached hydrogens (tertiary/aromatic N) is 3. The molecule has 3 rings (SSSR count). The van der Waals surface area contributed by atoms with Crippen LogP contribution in [0.4, 0.5) is 0 Å². The quantitative estimate of drug-likeness (QED) is 0.931. The summed E-state index contributed by atoms with van der Waals surface area (Å²) >= 11 is 0.